The fraction of sp³-hybridized carbons (Fsp3) is 0.250. The number of carbonyl (C=O) groups is 2. The van der Waals surface area contributed by atoms with Gasteiger partial charge in [0.1, 0.15) is 0 Å². The second-order valence-corrected chi connectivity index (χ2v) is 6.17. The number of nitrogens with one attached hydrogen (secondary N) is 2. The molecule has 0 saturated carbocycles. The summed E-state index contributed by atoms with van der Waals surface area (Å²) >= 11 is 0. The van der Waals surface area contributed by atoms with Crippen molar-refractivity contribution in [3.05, 3.63) is 63.7 Å². The first-order valence-electron chi connectivity index (χ1n) is 9.21. The fourth-order valence-corrected chi connectivity index (χ4v) is 2.65. The van der Waals surface area contributed by atoms with Crippen LogP contribution in [-0.2, 0) is 9.53 Å². The number of benzene rings is 2. The SMILES string of the molecule is CCOC(=O)N[C@@H](CC(=O)N/N=C\c1cc(OC)c(O)c([N+](=O)[O-])c1)c1ccccc1. The number of nitrogens with zero attached hydrogens (tertiary/aromatic N) is 2. The van der Waals surface area contributed by atoms with Crippen LogP contribution in [0.2, 0.25) is 0 Å². The molecule has 0 heterocycles. The van der Waals surface area contributed by atoms with E-state index in [2.05, 4.69) is 15.8 Å². The van der Waals surface area contributed by atoms with Crippen molar-refractivity contribution in [1.82, 2.24) is 10.7 Å². The number of hydrazone groups is 1. The van der Waals surface area contributed by atoms with Crippen LogP contribution in [0.3, 0.4) is 0 Å². The maximum absolute atomic E-state index is 12.3. The molecule has 2 aromatic rings. The first-order chi connectivity index (χ1) is 14.8. The van der Waals surface area contributed by atoms with Crippen LogP contribution >= 0.6 is 0 Å². The number of rotatable bonds is 9. The Kier molecular flexibility index (Phi) is 8.31. The van der Waals surface area contributed by atoms with E-state index >= 15 is 0 Å². The standard InChI is InChI=1S/C20H22N4O7/c1-3-31-20(27)22-15(14-7-5-4-6-8-14)11-18(25)23-21-12-13-9-16(24(28)29)19(26)17(10-13)30-2/h4-10,12,15,26H,3,11H2,1-2H3,(H,22,27)(H,23,25)/b21-12-/t15-/m0/s1. The topological polar surface area (TPSA) is 152 Å². The predicted octanol–water partition coefficient (Wildman–Crippen LogP) is 2.64. The Hall–Kier alpha value is -4.15. The molecular weight excluding hydrogens is 408 g/mol. The van der Waals surface area contributed by atoms with Gasteiger partial charge >= 0.3 is 11.8 Å². The van der Waals surface area contributed by atoms with E-state index in [-0.39, 0.29) is 24.3 Å². The van der Waals surface area contributed by atoms with E-state index in [1.807, 2.05) is 0 Å². The summed E-state index contributed by atoms with van der Waals surface area (Å²) in [5.41, 5.74) is 2.67. The van der Waals surface area contributed by atoms with E-state index in [1.165, 1.54) is 19.4 Å². The number of phenols is 1. The number of hydrogen-bond acceptors (Lipinski definition) is 8. The normalized spacial score (nSPS) is 11.5. The van der Waals surface area contributed by atoms with Crippen LogP contribution < -0.4 is 15.5 Å². The van der Waals surface area contributed by atoms with Gasteiger partial charge in [0, 0.05) is 11.6 Å². The van der Waals surface area contributed by atoms with E-state index in [4.69, 9.17) is 9.47 Å². The molecule has 1 atom stereocenters. The number of phenolic OH excluding ortho intramolecular Hbond substituents is 1. The van der Waals surface area contributed by atoms with Crippen LogP contribution in [0.1, 0.15) is 30.5 Å². The van der Waals surface area contributed by atoms with Crippen molar-refractivity contribution < 1.29 is 29.1 Å². The molecule has 0 unspecified atom stereocenters. The monoisotopic (exact) mass is 430 g/mol. The summed E-state index contributed by atoms with van der Waals surface area (Å²) in [6.07, 6.45) is 0.388. The number of ether oxygens (including phenoxy) is 2. The Morgan fingerprint density at radius 3 is 2.61 bits per heavy atom. The van der Waals surface area contributed by atoms with Crippen LogP contribution in [0.5, 0.6) is 11.5 Å². The maximum Gasteiger partial charge on any atom is 0.407 e. The van der Waals surface area contributed by atoms with Gasteiger partial charge in [-0.1, -0.05) is 30.3 Å². The third-order valence-corrected chi connectivity index (χ3v) is 4.06. The molecule has 0 aliphatic heterocycles. The third-order valence-electron chi connectivity index (χ3n) is 4.06. The quantitative estimate of drug-likeness (QED) is 0.314. The average molecular weight is 430 g/mol. The number of methoxy groups -OCH3 is 1. The molecule has 3 N–H and O–H groups in total. The second kappa shape index (κ2) is 11.1. The molecule has 0 aliphatic carbocycles. The second-order valence-electron chi connectivity index (χ2n) is 6.17. The zero-order valence-corrected chi connectivity index (χ0v) is 16.9. The summed E-state index contributed by atoms with van der Waals surface area (Å²) in [7, 11) is 1.25. The van der Waals surface area contributed by atoms with Gasteiger partial charge in [-0.15, -0.1) is 0 Å². The van der Waals surface area contributed by atoms with Gasteiger partial charge in [0.05, 0.1) is 37.3 Å². The highest BCUT2D eigenvalue weighted by Crippen LogP contribution is 2.36. The van der Waals surface area contributed by atoms with Crippen molar-refractivity contribution in [3.8, 4) is 11.5 Å². The first kappa shape index (κ1) is 23.1. The largest absolute Gasteiger partial charge is 0.500 e. The molecule has 2 amide bonds. The Morgan fingerprint density at radius 1 is 1.29 bits per heavy atom. The molecule has 2 rings (SSSR count). The molecule has 164 valence electrons. The molecule has 0 radical (unpaired) electrons. The molecule has 11 heteroatoms. The minimum Gasteiger partial charge on any atom is -0.500 e. The lowest BCUT2D eigenvalue weighted by molar-refractivity contribution is -0.386. The number of carbonyl (C=O) groups excluding carboxylic acids is 2. The zero-order chi connectivity index (χ0) is 22.8. The molecule has 11 nitrogen and oxygen atoms in total. The van der Waals surface area contributed by atoms with Crippen molar-refractivity contribution in [2.75, 3.05) is 13.7 Å². The Labute approximate surface area is 177 Å². The Balaban J connectivity index is 2.09. The van der Waals surface area contributed by atoms with E-state index in [1.54, 1.807) is 37.3 Å². The van der Waals surface area contributed by atoms with Gasteiger partial charge in [-0.2, -0.15) is 5.10 Å². The molecule has 0 fully saturated rings. The van der Waals surface area contributed by atoms with E-state index in [0.29, 0.717) is 5.56 Å². The lowest BCUT2D eigenvalue weighted by Gasteiger charge is -2.18. The van der Waals surface area contributed by atoms with Gasteiger partial charge in [-0.05, 0) is 18.6 Å². The Morgan fingerprint density at radius 2 is 2.00 bits per heavy atom. The van der Waals surface area contributed by atoms with Crippen molar-refractivity contribution in [2.45, 2.75) is 19.4 Å². The van der Waals surface area contributed by atoms with Crippen LogP contribution in [0.15, 0.2) is 47.6 Å². The minimum atomic E-state index is -0.765. The number of amides is 2. The molecule has 0 saturated heterocycles. The highest BCUT2D eigenvalue weighted by atomic mass is 16.6. The highest BCUT2D eigenvalue weighted by Gasteiger charge is 2.20. The minimum absolute atomic E-state index is 0.107. The van der Waals surface area contributed by atoms with Gasteiger partial charge in [-0.25, -0.2) is 10.2 Å². The molecule has 0 bridgehead atoms. The predicted molar refractivity (Wildman–Crippen MR) is 111 cm³/mol. The molecule has 2 aromatic carbocycles. The lowest BCUT2D eigenvalue weighted by atomic mass is 10.0. The maximum atomic E-state index is 12.3. The number of aromatic hydroxyl groups is 1. The summed E-state index contributed by atoms with van der Waals surface area (Å²) < 4.78 is 9.78. The van der Waals surface area contributed by atoms with E-state index in [0.717, 1.165) is 6.07 Å². The molecule has 0 aromatic heterocycles. The summed E-state index contributed by atoms with van der Waals surface area (Å²) in [5.74, 6) is -1.23. The first-order valence-corrected chi connectivity index (χ1v) is 9.21. The highest BCUT2D eigenvalue weighted by molar-refractivity contribution is 5.85. The summed E-state index contributed by atoms with van der Waals surface area (Å²) in [4.78, 5) is 34.4. The summed E-state index contributed by atoms with van der Waals surface area (Å²) in [5, 5.41) is 27.2. The average Bonchev–Trinajstić information content (AvgIpc) is 2.74. The molecule has 31 heavy (non-hydrogen) atoms. The summed E-state index contributed by atoms with van der Waals surface area (Å²) in [6.45, 7) is 1.85. The molecule has 0 spiro atoms. The van der Waals surface area contributed by atoms with E-state index < -0.39 is 34.4 Å². The number of nitro benzene ring substituents is 1. The van der Waals surface area contributed by atoms with Crippen molar-refractivity contribution in [3.63, 3.8) is 0 Å². The van der Waals surface area contributed by atoms with E-state index in [9.17, 15) is 24.8 Å². The number of alkyl carbamates (subject to hydrolysis) is 1. The van der Waals surface area contributed by atoms with Crippen LogP contribution in [0.4, 0.5) is 10.5 Å². The lowest BCUT2D eigenvalue weighted by Crippen LogP contribution is -2.33. The number of hydrogen-bond donors (Lipinski definition) is 3. The van der Waals surface area contributed by atoms with Gasteiger partial charge in [0.25, 0.3) is 0 Å². The van der Waals surface area contributed by atoms with Gasteiger partial charge in [0.15, 0.2) is 5.75 Å². The van der Waals surface area contributed by atoms with Gasteiger partial charge in [0.2, 0.25) is 11.7 Å². The number of nitro groups is 1. The third kappa shape index (κ3) is 6.70. The van der Waals surface area contributed by atoms with Crippen LogP contribution in [0, 0.1) is 10.1 Å². The summed E-state index contributed by atoms with van der Waals surface area (Å²) in [6, 6.07) is 10.6. The van der Waals surface area contributed by atoms with Crippen LogP contribution in [0.25, 0.3) is 0 Å². The molecule has 0 aliphatic rings. The van der Waals surface area contributed by atoms with Crippen molar-refractivity contribution in [2.24, 2.45) is 5.10 Å². The van der Waals surface area contributed by atoms with Crippen molar-refractivity contribution in [1.29, 1.82) is 0 Å². The van der Waals surface area contributed by atoms with Crippen molar-refractivity contribution >= 4 is 23.9 Å². The smallest absolute Gasteiger partial charge is 0.407 e. The molecular formula is C20H22N4O7. The van der Waals surface area contributed by atoms with Gasteiger partial charge in [-0.3, -0.25) is 14.9 Å². The van der Waals surface area contributed by atoms with Crippen LogP contribution in [-0.4, -0.2) is 42.0 Å². The fourth-order valence-electron chi connectivity index (χ4n) is 2.65. The zero-order valence-electron chi connectivity index (χ0n) is 16.9. The Bertz CT molecular complexity index is 964. The van der Waals surface area contributed by atoms with Gasteiger partial charge < -0.3 is 19.9 Å².